The van der Waals surface area contributed by atoms with E-state index in [0.29, 0.717) is 13.1 Å². The SMILES string of the molecule is CC1CN(OCc2nc(N(c3ccc(C(F)(F)F)cc3)c3ccc(C(F)(F)F)cc3)c3ccc(-c4ccccc4C(F)(F)F)cc3n2)CC(C)O1. The second-order valence-electron chi connectivity index (χ2n) is 12.0. The van der Waals surface area contributed by atoms with Gasteiger partial charge in [-0.15, -0.1) is 0 Å². The summed E-state index contributed by atoms with van der Waals surface area (Å²) in [7, 11) is 0. The lowest BCUT2D eigenvalue weighted by Gasteiger charge is -2.34. The standard InChI is InChI=1S/C36H29F9N4O2/c1-21-18-48(19-22(2)51-21)50-20-32-46-31-17-23(28-5-3-4-6-30(28)36(43,44)45)7-16-29(31)33(47-32)49(26-12-8-24(9-13-26)34(37,38)39)27-14-10-25(11-15-27)35(40,41)42/h3-17,21-22H,18-20H2,1-2H3. The summed E-state index contributed by atoms with van der Waals surface area (Å²) in [5, 5.41) is 1.91. The average molecular weight is 721 g/mol. The van der Waals surface area contributed by atoms with E-state index in [2.05, 4.69) is 9.97 Å². The van der Waals surface area contributed by atoms with Crippen molar-refractivity contribution in [2.45, 2.75) is 51.2 Å². The van der Waals surface area contributed by atoms with Crippen LogP contribution in [0.1, 0.15) is 36.4 Å². The molecule has 1 aromatic heterocycles. The molecule has 2 unspecified atom stereocenters. The summed E-state index contributed by atoms with van der Waals surface area (Å²) in [6.45, 7) is 4.32. The highest BCUT2D eigenvalue weighted by atomic mass is 19.4. The van der Waals surface area contributed by atoms with Crippen LogP contribution in [0, 0.1) is 0 Å². The first kappa shape index (κ1) is 36.1. The maximum absolute atomic E-state index is 14.0. The van der Waals surface area contributed by atoms with Crippen molar-refractivity contribution in [2.24, 2.45) is 0 Å². The third-order valence-corrected chi connectivity index (χ3v) is 8.15. The number of alkyl halides is 9. The van der Waals surface area contributed by atoms with Gasteiger partial charge >= 0.3 is 18.5 Å². The molecule has 4 aromatic carbocycles. The number of aromatic nitrogens is 2. The van der Waals surface area contributed by atoms with Crippen LogP contribution >= 0.6 is 0 Å². The van der Waals surface area contributed by atoms with E-state index in [4.69, 9.17) is 9.57 Å². The van der Waals surface area contributed by atoms with E-state index in [1.54, 1.807) is 5.06 Å². The molecule has 1 fully saturated rings. The molecule has 6 rings (SSSR count). The smallest absolute Gasteiger partial charge is 0.373 e. The number of morpholine rings is 1. The molecular formula is C36H29F9N4O2. The zero-order chi connectivity index (χ0) is 36.7. The van der Waals surface area contributed by atoms with Crippen molar-refractivity contribution in [1.29, 1.82) is 0 Å². The number of rotatable bonds is 7. The van der Waals surface area contributed by atoms with Gasteiger partial charge in [0, 0.05) is 16.8 Å². The van der Waals surface area contributed by atoms with Crippen molar-refractivity contribution in [1.82, 2.24) is 15.0 Å². The van der Waals surface area contributed by atoms with Crippen LogP contribution in [0.3, 0.4) is 0 Å². The van der Waals surface area contributed by atoms with Crippen molar-refractivity contribution >= 4 is 28.1 Å². The highest BCUT2D eigenvalue weighted by Gasteiger charge is 2.34. The van der Waals surface area contributed by atoms with Gasteiger partial charge in [0.15, 0.2) is 5.82 Å². The van der Waals surface area contributed by atoms with Crippen molar-refractivity contribution < 1.29 is 49.1 Å². The Bertz CT molecular complexity index is 1930. The number of ether oxygens (including phenoxy) is 1. The Balaban J connectivity index is 1.53. The van der Waals surface area contributed by atoms with Gasteiger partial charge in [-0.25, -0.2) is 9.97 Å². The van der Waals surface area contributed by atoms with Gasteiger partial charge in [0.2, 0.25) is 0 Å². The van der Waals surface area contributed by atoms with Crippen LogP contribution < -0.4 is 4.90 Å². The van der Waals surface area contributed by atoms with Crippen LogP contribution in [0.25, 0.3) is 22.0 Å². The summed E-state index contributed by atoms with van der Waals surface area (Å²) < 4.78 is 129. The minimum Gasteiger partial charge on any atom is -0.373 e. The van der Waals surface area contributed by atoms with E-state index in [1.165, 1.54) is 41.3 Å². The van der Waals surface area contributed by atoms with Crippen LogP contribution in [0.5, 0.6) is 0 Å². The quantitative estimate of drug-likeness (QED) is 0.156. The zero-order valence-corrected chi connectivity index (χ0v) is 26.9. The first-order chi connectivity index (χ1) is 24.0. The highest BCUT2D eigenvalue weighted by Crippen LogP contribution is 2.42. The maximum Gasteiger partial charge on any atom is 0.417 e. The number of benzene rings is 4. The van der Waals surface area contributed by atoms with Gasteiger partial charge in [-0.05, 0) is 91.7 Å². The summed E-state index contributed by atoms with van der Waals surface area (Å²) in [6, 6.07) is 17.2. The molecule has 2 atom stereocenters. The molecule has 0 radical (unpaired) electrons. The fourth-order valence-electron chi connectivity index (χ4n) is 5.92. The third kappa shape index (κ3) is 8.10. The Morgan fingerprint density at radius 2 is 1.25 bits per heavy atom. The molecule has 1 aliphatic rings. The van der Waals surface area contributed by atoms with Crippen molar-refractivity contribution in [3.8, 4) is 11.1 Å². The van der Waals surface area contributed by atoms with Crippen molar-refractivity contribution in [3.63, 3.8) is 0 Å². The molecule has 0 spiro atoms. The molecule has 0 bridgehead atoms. The van der Waals surface area contributed by atoms with Gasteiger partial charge in [-0.1, -0.05) is 24.3 Å². The molecule has 2 heterocycles. The van der Waals surface area contributed by atoms with Crippen LogP contribution in [0.15, 0.2) is 91.0 Å². The van der Waals surface area contributed by atoms with E-state index in [9.17, 15) is 39.5 Å². The van der Waals surface area contributed by atoms with Crippen molar-refractivity contribution in [3.05, 3.63) is 114 Å². The van der Waals surface area contributed by atoms with Crippen LogP contribution in [0.4, 0.5) is 56.7 Å². The molecule has 268 valence electrons. The molecular weight excluding hydrogens is 691 g/mol. The number of anilines is 3. The molecule has 0 aliphatic carbocycles. The Morgan fingerprint density at radius 1 is 0.706 bits per heavy atom. The largest absolute Gasteiger partial charge is 0.417 e. The Hall–Kier alpha value is -4.73. The first-order valence-corrected chi connectivity index (χ1v) is 15.6. The molecule has 51 heavy (non-hydrogen) atoms. The third-order valence-electron chi connectivity index (χ3n) is 8.15. The Labute approximate surface area is 286 Å². The van der Waals surface area contributed by atoms with Gasteiger partial charge in [0.25, 0.3) is 0 Å². The summed E-state index contributed by atoms with van der Waals surface area (Å²) in [5.74, 6) is 0.0897. The van der Waals surface area contributed by atoms with E-state index < -0.39 is 35.2 Å². The van der Waals surface area contributed by atoms with Gasteiger partial charge in [-0.2, -0.15) is 44.6 Å². The Kier molecular flexibility index (Phi) is 9.74. The summed E-state index contributed by atoms with van der Waals surface area (Å²) >= 11 is 0. The minimum atomic E-state index is -4.67. The number of halogens is 9. The number of nitrogens with zero attached hydrogens (tertiary/aromatic N) is 4. The van der Waals surface area contributed by atoms with Crippen LogP contribution in [0.2, 0.25) is 0 Å². The number of hydrogen-bond acceptors (Lipinski definition) is 6. The fourth-order valence-corrected chi connectivity index (χ4v) is 5.92. The molecule has 0 amide bonds. The zero-order valence-electron chi connectivity index (χ0n) is 26.9. The number of hydrogen-bond donors (Lipinski definition) is 0. The van der Waals surface area contributed by atoms with Gasteiger partial charge < -0.3 is 4.74 Å². The maximum atomic E-state index is 14.0. The molecule has 1 aliphatic heterocycles. The normalized spacial score (nSPS) is 17.5. The minimum absolute atomic E-state index is 0.0393. The summed E-state index contributed by atoms with van der Waals surface area (Å²) in [4.78, 5) is 16.6. The van der Waals surface area contributed by atoms with Gasteiger partial charge in [0.05, 0.1) is 47.5 Å². The first-order valence-electron chi connectivity index (χ1n) is 15.6. The molecule has 6 nitrogen and oxygen atoms in total. The van der Waals surface area contributed by atoms with E-state index in [0.717, 1.165) is 54.6 Å². The molecule has 5 aromatic rings. The van der Waals surface area contributed by atoms with E-state index >= 15 is 0 Å². The molecule has 1 saturated heterocycles. The lowest BCUT2D eigenvalue weighted by Crippen LogP contribution is -2.45. The Morgan fingerprint density at radius 3 is 1.78 bits per heavy atom. The van der Waals surface area contributed by atoms with Gasteiger partial charge in [-0.3, -0.25) is 9.74 Å². The molecule has 0 N–H and O–H groups in total. The van der Waals surface area contributed by atoms with Gasteiger partial charge in [0.1, 0.15) is 12.4 Å². The summed E-state index contributed by atoms with van der Waals surface area (Å²) in [5.41, 5.74) is -2.38. The predicted octanol–water partition coefficient (Wildman–Crippen LogP) is 10.4. The van der Waals surface area contributed by atoms with Crippen LogP contribution in [-0.4, -0.2) is 40.3 Å². The number of hydroxylamine groups is 2. The van der Waals surface area contributed by atoms with Crippen molar-refractivity contribution in [2.75, 3.05) is 18.0 Å². The monoisotopic (exact) mass is 720 g/mol. The van der Waals surface area contributed by atoms with E-state index in [1.807, 2.05) is 13.8 Å². The van der Waals surface area contributed by atoms with Crippen LogP contribution in [-0.2, 0) is 34.7 Å². The second-order valence-corrected chi connectivity index (χ2v) is 12.0. The van der Waals surface area contributed by atoms with E-state index in [-0.39, 0.29) is 63.9 Å². The number of fused-ring (bicyclic) bond motifs is 1. The highest BCUT2D eigenvalue weighted by molar-refractivity contribution is 5.97. The predicted molar refractivity (Wildman–Crippen MR) is 171 cm³/mol. The lowest BCUT2D eigenvalue weighted by atomic mass is 9.98. The average Bonchev–Trinajstić information content (AvgIpc) is 3.06. The second kappa shape index (κ2) is 13.8. The molecule has 15 heteroatoms. The topological polar surface area (TPSA) is 50.7 Å². The lowest BCUT2D eigenvalue weighted by molar-refractivity contribution is -0.234. The fraction of sp³-hybridized carbons (Fsp3) is 0.278. The molecule has 0 saturated carbocycles. The summed E-state index contributed by atoms with van der Waals surface area (Å²) in [6.07, 6.45) is -14.3.